The number of ether oxygens (including phenoxy) is 2. The third-order valence-electron chi connectivity index (χ3n) is 9.68. The molecule has 2 bridgehead atoms. The van der Waals surface area contributed by atoms with Crippen LogP contribution in [0.3, 0.4) is 0 Å². The highest BCUT2D eigenvalue weighted by molar-refractivity contribution is 5.97. The number of methoxy groups -OCH3 is 1. The van der Waals surface area contributed by atoms with E-state index in [1.807, 2.05) is 25.1 Å². The van der Waals surface area contributed by atoms with Crippen molar-refractivity contribution in [1.82, 2.24) is 15.2 Å². The summed E-state index contributed by atoms with van der Waals surface area (Å²) >= 11 is 0. The summed E-state index contributed by atoms with van der Waals surface area (Å²) in [7, 11) is 1.60. The molecule has 2 heterocycles. The first kappa shape index (κ1) is 29.0. The summed E-state index contributed by atoms with van der Waals surface area (Å²) in [5, 5.41) is 2.93. The number of rotatable bonds is 9. The van der Waals surface area contributed by atoms with E-state index in [9.17, 15) is 14.4 Å². The predicted octanol–water partition coefficient (Wildman–Crippen LogP) is 5.07. The van der Waals surface area contributed by atoms with Crippen molar-refractivity contribution < 1.29 is 19.1 Å². The zero-order valence-corrected chi connectivity index (χ0v) is 25.0. The minimum atomic E-state index is -0.674. The van der Waals surface area contributed by atoms with Gasteiger partial charge in [0.2, 0.25) is 5.91 Å². The number of aromatic nitrogens is 1. The molecule has 2 N–H and O–H groups in total. The number of aromatic amines is 1. The van der Waals surface area contributed by atoms with Gasteiger partial charge in [0.1, 0.15) is 11.6 Å². The smallest absolute Gasteiger partial charge is 0.261 e. The number of allylic oxidation sites excluding steroid dienone is 1. The number of carbonyl (C=O) groups is 2. The zero-order chi connectivity index (χ0) is 29.3. The molecule has 1 saturated carbocycles. The van der Waals surface area contributed by atoms with Crippen LogP contribution in [0.2, 0.25) is 0 Å². The molecule has 6 rings (SSSR count). The lowest BCUT2D eigenvalue weighted by Gasteiger charge is -2.56. The summed E-state index contributed by atoms with van der Waals surface area (Å²) in [4.78, 5) is 44.0. The van der Waals surface area contributed by atoms with E-state index in [4.69, 9.17) is 9.47 Å². The highest BCUT2D eigenvalue weighted by Gasteiger charge is 2.50. The third-order valence-corrected chi connectivity index (χ3v) is 9.68. The largest absolute Gasteiger partial charge is 0.493 e. The van der Waals surface area contributed by atoms with Crippen LogP contribution in [0, 0.1) is 31.1 Å². The number of pyridine rings is 1. The topological polar surface area (TPSA) is 101 Å². The summed E-state index contributed by atoms with van der Waals surface area (Å²) in [6.45, 7) is 9.72. The number of benzene rings is 1. The van der Waals surface area contributed by atoms with Gasteiger partial charge in [-0.1, -0.05) is 31.6 Å². The van der Waals surface area contributed by atoms with E-state index in [1.54, 1.807) is 20.1 Å². The van der Waals surface area contributed by atoms with E-state index in [-0.39, 0.29) is 18.0 Å². The van der Waals surface area contributed by atoms with E-state index in [1.165, 1.54) is 23.3 Å². The van der Waals surface area contributed by atoms with Crippen LogP contribution < -0.4 is 20.3 Å². The van der Waals surface area contributed by atoms with Crippen LogP contribution in [-0.2, 0) is 11.3 Å². The van der Waals surface area contributed by atoms with Crippen LogP contribution >= 0.6 is 0 Å². The molecule has 1 aromatic heterocycles. The number of hydrogen-bond acceptors (Lipinski definition) is 5. The number of hydrogen-bond donors (Lipinski definition) is 2. The molecule has 1 aliphatic heterocycles. The summed E-state index contributed by atoms with van der Waals surface area (Å²) in [6, 6.07) is 6.56. The second-order valence-corrected chi connectivity index (χ2v) is 12.5. The lowest BCUT2D eigenvalue weighted by atomic mass is 9.48. The van der Waals surface area contributed by atoms with Gasteiger partial charge >= 0.3 is 0 Å². The molecule has 2 aromatic rings. The maximum absolute atomic E-state index is 13.8. The summed E-state index contributed by atoms with van der Waals surface area (Å²) in [5.41, 5.74) is 3.80. The molecular formula is C33H43N3O5. The third kappa shape index (κ3) is 5.79. The van der Waals surface area contributed by atoms with Crippen LogP contribution in [0.1, 0.15) is 79.6 Å². The lowest BCUT2D eigenvalue weighted by Crippen LogP contribution is -2.49. The van der Waals surface area contributed by atoms with Gasteiger partial charge < -0.3 is 24.7 Å². The molecule has 41 heavy (non-hydrogen) atoms. The highest BCUT2D eigenvalue weighted by atomic mass is 16.5. The molecule has 0 spiro atoms. The van der Waals surface area contributed by atoms with Gasteiger partial charge in [-0.2, -0.15) is 0 Å². The first-order valence-corrected chi connectivity index (χ1v) is 14.9. The molecule has 8 heteroatoms. The number of nitrogens with one attached hydrogen (secondary N) is 2. The van der Waals surface area contributed by atoms with Crippen molar-refractivity contribution in [2.24, 2.45) is 17.3 Å². The quantitative estimate of drug-likeness (QED) is 0.416. The fourth-order valence-electron chi connectivity index (χ4n) is 6.75. The molecule has 4 aliphatic rings. The van der Waals surface area contributed by atoms with Crippen molar-refractivity contribution >= 4 is 11.8 Å². The standard InChI is InChI=1S/C33H43N3O5/c1-20-16-25(30(37)35-21(20)2)32(39)36(27-8-6-7-14-34-31(27)38)19-22-9-12-28(29(17-22)40-5)41-15-13-23-10-11-24-18-26(23)33(24,3)4/h9-10,12,16-17,24,26-27H,6-8,11,13-15,18-19H2,1-5H3,(H,34,38)(H,35,37)/t24-,26-,27-/m0/s1. The SMILES string of the molecule is COc1cc(CN(C(=O)c2cc(C)c(C)[nH]c2=O)[C@H]2CCCCNC2=O)ccc1OCCC1=CC[C@H]2C[C@@H]1C2(C)C. The number of fused-ring (bicyclic) bond motifs is 1. The van der Waals surface area contributed by atoms with Crippen molar-refractivity contribution in [3.63, 3.8) is 0 Å². The minimum absolute atomic E-state index is 0.0371. The van der Waals surface area contributed by atoms with Gasteiger partial charge in [-0.15, -0.1) is 0 Å². The van der Waals surface area contributed by atoms with Crippen molar-refractivity contribution in [1.29, 1.82) is 0 Å². The highest BCUT2D eigenvalue weighted by Crippen LogP contribution is 2.59. The number of carbonyl (C=O) groups excluding carboxylic acids is 2. The molecule has 3 atom stereocenters. The second-order valence-electron chi connectivity index (χ2n) is 12.5. The Balaban J connectivity index is 1.34. The summed E-state index contributed by atoms with van der Waals surface area (Å²) in [6.07, 6.45) is 7.95. The average Bonchev–Trinajstić information content (AvgIpc) is 3.17. The molecule has 1 saturated heterocycles. The molecule has 2 amide bonds. The van der Waals surface area contributed by atoms with Gasteiger partial charge in [0, 0.05) is 25.2 Å². The molecule has 8 nitrogen and oxygen atoms in total. The maximum Gasteiger partial charge on any atom is 0.261 e. The Morgan fingerprint density at radius 2 is 1.93 bits per heavy atom. The molecule has 3 aliphatic carbocycles. The van der Waals surface area contributed by atoms with Gasteiger partial charge in [-0.3, -0.25) is 14.4 Å². The average molecular weight is 562 g/mol. The fraction of sp³-hybridized carbons (Fsp3) is 0.545. The number of H-pyrrole nitrogens is 1. The fourth-order valence-corrected chi connectivity index (χ4v) is 6.75. The van der Waals surface area contributed by atoms with Gasteiger partial charge in [0.15, 0.2) is 11.5 Å². The summed E-state index contributed by atoms with van der Waals surface area (Å²) < 4.78 is 11.8. The van der Waals surface area contributed by atoms with Crippen molar-refractivity contribution in [3.05, 3.63) is 68.7 Å². The van der Waals surface area contributed by atoms with Crippen molar-refractivity contribution in [2.45, 2.75) is 78.8 Å². The van der Waals surface area contributed by atoms with E-state index in [2.05, 4.69) is 30.2 Å². The Morgan fingerprint density at radius 3 is 2.66 bits per heavy atom. The van der Waals surface area contributed by atoms with E-state index < -0.39 is 17.5 Å². The Hall–Kier alpha value is -3.55. The number of nitrogens with zero attached hydrogens (tertiary/aromatic N) is 1. The summed E-state index contributed by atoms with van der Waals surface area (Å²) in [5.74, 6) is 2.04. The number of amides is 2. The molecular weight excluding hydrogens is 518 g/mol. The van der Waals surface area contributed by atoms with E-state index in [0.717, 1.165) is 36.3 Å². The predicted molar refractivity (Wildman–Crippen MR) is 158 cm³/mol. The molecule has 220 valence electrons. The van der Waals surface area contributed by atoms with Crippen LogP contribution in [0.25, 0.3) is 0 Å². The Morgan fingerprint density at radius 1 is 1.12 bits per heavy atom. The van der Waals surface area contributed by atoms with Gasteiger partial charge in [0.25, 0.3) is 11.5 Å². The maximum atomic E-state index is 13.8. The van der Waals surface area contributed by atoms with E-state index in [0.29, 0.717) is 48.1 Å². The van der Waals surface area contributed by atoms with Crippen LogP contribution in [-0.4, -0.2) is 48.0 Å². The van der Waals surface area contributed by atoms with Crippen LogP contribution in [0.15, 0.2) is 40.7 Å². The normalized spacial score (nSPS) is 23.0. The Labute approximate surface area is 242 Å². The molecule has 1 aromatic carbocycles. The zero-order valence-electron chi connectivity index (χ0n) is 25.0. The molecule has 0 unspecified atom stereocenters. The number of aryl methyl sites for hydroxylation is 2. The van der Waals surface area contributed by atoms with Gasteiger partial charge in [-0.25, -0.2) is 0 Å². The van der Waals surface area contributed by atoms with E-state index >= 15 is 0 Å². The van der Waals surface area contributed by atoms with Crippen LogP contribution in [0.4, 0.5) is 0 Å². The lowest BCUT2D eigenvalue weighted by molar-refractivity contribution is -0.125. The Bertz CT molecular complexity index is 1410. The van der Waals surface area contributed by atoms with Gasteiger partial charge in [0.05, 0.1) is 13.7 Å². The van der Waals surface area contributed by atoms with Crippen molar-refractivity contribution in [3.8, 4) is 11.5 Å². The molecule has 0 radical (unpaired) electrons. The minimum Gasteiger partial charge on any atom is -0.493 e. The second kappa shape index (κ2) is 11.7. The molecule has 2 fully saturated rings. The Kier molecular flexibility index (Phi) is 8.30. The van der Waals surface area contributed by atoms with Gasteiger partial charge in [-0.05, 0) is 92.5 Å². The van der Waals surface area contributed by atoms with Crippen molar-refractivity contribution in [2.75, 3.05) is 20.3 Å². The first-order chi connectivity index (χ1) is 19.6. The first-order valence-electron chi connectivity index (χ1n) is 14.9. The monoisotopic (exact) mass is 561 g/mol. The van der Waals surface area contributed by atoms with Crippen LogP contribution in [0.5, 0.6) is 11.5 Å².